The zero-order chi connectivity index (χ0) is 21.0. The molecule has 29 heavy (non-hydrogen) atoms. The molecule has 3 aromatic rings. The first kappa shape index (κ1) is 20.7. The van der Waals surface area contributed by atoms with E-state index in [1.165, 1.54) is 12.1 Å². The van der Waals surface area contributed by atoms with E-state index in [0.29, 0.717) is 22.9 Å². The molecule has 0 bridgehead atoms. The number of amides is 1. The highest BCUT2D eigenvalue weighted by atomic mass is 35.5. The van der Waals surface area contributed by atoms with Crippen LogP contribution in [0.1, 0.15) is 23.0 Å². The molecule has 0 aliphatic carbocycles. The molecule has 0 aliphatic rings. The molecule has 1 amide bonds. The number of rotatable bonds is 7. The van der Waals surface area contributed by atoms with Crippen LogP contribution in [0.15, 0.2) is 48.8 Å². The Kier molecular flexibility index (Phi) is 6.39. The van der Waals surface area contributed by atoms with Crippen LogP contribution in [0.25, 0.3) is 0 Å². The molecule has 152 valence electrons. The Hall–Kier alpha value is -3.06. The van der Waals surface area contributed by atoms with Gasteiger partial charge in [0.05, 0.1) is 20.6 Å². The summed E-state index contributed by atoms with van der Waals surface area (Å²) in [5.74, 6) is 0.833. The van der Waals surface area contributed by atoms with Crippen LogP contribution in [0.5, 0.6) is 11.5 Å². The summed E-state index contributed by atoms with van der Waals surface area (Å²) in [6.07, 6.45) is 3.22. The number of nitrogens with one attached hydrogen (secondary N) is 1. The van der Waals surface area contributed by atoms with E-state index in [4.69, 9.17) is 21.1 Å². The van der Waals surface area contributed by atoms with Crippen LogP contribution in [0.4, 0.5) is 4.39 Å². The third-order valence-electron chi connectivity index (χ3n) is 4.53. The Bertz CT molecular complexity index is 980. The SMILES string of the molecule is COc1cc(OC)cc(C(NC(=O)Cc2c(F)cccc2Cl)c2nccn2C)c1. The van der Waals surface area contributed by atoms with Gasteiger partial charge in [-0.2, -0.15) is 0 Å². The van der Waals surface area contributed by atoms with Gasteiger partial charge in [-0.15, -0.1) is 0 Å². The number of hydrogen-bond acceptors (Lipinski definition) is 4. The number of methoxy groups -OCH3 is 2. The Balaban J connectivity index is 1.95. The summed E-state index contributed by atoms with van der Waals surface area (Å²) in [5.41, 5.74) is 0.858. The predicted octanol–water partition coefficient (Wildman–Crippen LogP) is 3.68. The quantitative estimate of drug-likeness (QED) is 0.637. The highest BCUT2D eigenvalue weighted by molar-refractivity contribution is 6.31. The van der Waals surface area contributed by atoms with Gasteiger partial charge >= 0.3 is 0 Å². The molecule has 0 radical (unpaired) electrons. The molecule has 1 N–H and O–H groups in total. The zero-order valence-electron chi connectivity index (χ0n) is 16.3. The number of benzene rings is 2. The minimum absolute atomic E-state index is 0.147. The van der Waals surface area contributed by atoms with Crippen LogP contribution in [0.2, 0.25) is 5.02 Å². The number of carbonyl (C=O) groups is 1. The third kappa shape index (κ3) is 4.68. The van der Waals surface area contributed by atoms with Crippen molar-refractivity contribution in [2.24, 2.45) is 7.05 Å². The summed E-state index contributed by atoms with van der Waals surface area (Å²) in [5, 5.41) is 3.13. The van der Waals surface area contributed by atoms with Crippen LogP contribution < -0.4 is 14.8 Å². The maximum atomic E-state index is 14.1. The molecule has 2 aromatic carbocycles. The monoisotopic (exact) mass is 417 g/mol. The summed E-state index contributed by atoms with van der Waals surface area (Å²) in [6, 6.07) is 9.04. The van der Waals surface area contributed by atoms with Gasteiger partial charge in [0, 0.05) is 36.1 Å². The molecule has 6 nitrogen and oxygen atoms in total. The first-order chi connectivity index (χ1) is 13.9. The van der Waals surface area contributed by atoms with Gasteiger partial charge in [0.25, 0.3) is 0 Å². The molecule has 1 atom stereocenters. The minimum Gasteiger partial charge on any atom is -0.497 e. The van der Waals surface area contributed by atoms with Crippen LogP contribution in [0.3, 0.4) is 0 Å². The van der Waals surface area contributed by atoms with Gasteiger partial charge < -0.3 is 19.4 Å². The number of ether oxygens (including phenoxy) is 2. The Labute approximate surface area is 173 Å². The van der Waals surface area contributed by atoms with E-state index in [1.54, 1.807) is 55.4 Å². The van der Waals surface area contributed by atoms with E-state index in [-0.39, 0.29) is 17.0 Å². The summed E-state index contributed by atoms with van der Waals surface area (Å²) in [6.45, 7) is 0. The average molecular weight is 418 g/mol. The van der Waals surface area contributed by atoms with Crippen molar-refractivity contribution in [1.82, 2.24) is 14.9 Å². The van der Waals surface area contributed by atoms with Crippen molar-refractivity contribution < 1.29 is 18.7 Å². The van der Waals surface area contributed by atoms with Gasteiger partial charge in [-0.3, -0.25) is 4.79 Å². The molecule has 0 saturated carbocycles. The standard InChI is InChI=1S/C21H21ClFN3O3/c1-26-8-7-24-21(26)20(13-9-14(28-2)11-15(10-13)29-3)25-19(27)12-16-17(22)5-4-6-18(16)23/h4-11,20H,12H2,1-3H3,(H,25,27). The van der Waals surface area contributed by atoms with Crippen molar-refractivity contribution in [3.8, 4) is 11.5 Å². The van der Waals surface area contributed by atoms with E-state index in [9.17, 15) is 9.18 Å². The van der Waals surface area contributed by atoms with Gasteiger partial charge in [0.2, 0.25) is 5.91 Å². The van der Waals surface area contributed by atoms with Crippen molar-refractivity contribution in [1.29, 1.82) is 0 Å². The maximum absolute atomic E-state index is 14.1. The number of aromatic nitrogens is 2. The number of carbonyl (C=O) groups excluding carboxylic acids is 1. The van der Waals surface area contributed by atoms with Crippen LogP contribution in [-0.4, -0.2) is 29.7 Å². The van der Waals surface area contributed by atoms with Crippen molar-refractivity contribution in [3.63, 3.8) is 0 Å². The molecule has 1 unspecified atom stereocenters. The molecular weight excluding hydrogens is 397 g/mol. The lowest BCUT2D eigenvalue weighted by atomic mass is 10.0. The first-order valence-corrected chi connectivity index (χ1v) is 9.23. The minimum atomic E-state index is -0.600. The highest BCUT2D eigenvalue weighted by Gasteiger charge is 2.23. The van der Waals surface area contributed by atoms with E-state index < -0.39 is 17.8 Å². The molecular formula is C21H21ClFN3O3. The molecule has 1 aromatic heterocycles. The van der Waals surface area contributed by atoms with Gasteiger partial charge in [0.1, 0.15) is 29.2 Å². The van der Waals surface area contributed by atoms with Crippen molar-refractivity contribution in [3.05, 3.63) is 76.6 Å². The number of halogens is 2. The van der Waals surface area contributed by atoms with Crippen molar-refractivity contribution >= 4 is 17.5 Å². The Morgan fingerprint density at radius 2 is 1.93 bits per heavy atom. The van der Waals surface area contributed by atoms with Gasteiger partial charge in [-0.25, -0.2) is 9.37 Å². The molecule has 8 heteroatoms. The van der Waals surface area contributed by atoms with Crippen molar-refractivity contribution in [2.75, 3.05) is 14.2 Å². The fraction of sp³-hybridized carbons (Fsp3) is 0.238. The summed E-state index contributed by atoms with van der Waals surface area (Å²) < 4.78 is 26.6. The second-order valence-corrected chi connectivity index (χ2v) is 6.83. The Morgan fingerprint density at radius 3 is 2.48 bits per heavy atom. The van der Waals surface area contributed by atoms with E-state index >= 15 is 0 Å². The van der Waals surface area contributed by atoms with Crippen LogP contribution in [-0.2, 0) is 18.3 Å². The normalized spacial score (nSPS) is 11.8. The lowest BCUT2D eigenvalue weighted by Crippen LogP contribution is -2.32. The zero-order valence-corrected chi connectivity index (χ0v) is 17.0. The number of hydrogen-bond donors (Lipinski definition) is 1. The van der Waals surface area contributed by atoms with Gasteiger partial charge in [-0.05, 0) is 29.8 Å². The topological polar surface area (TPSA) is 65.4 Å². The molecule has 0 saturated heterocycles. The fourth-order valence-electron chi connectivity index (χ4n) is 3.02. The number of imidazole rings is 1. The Morgan fingerprint density at radius 1 is 1.24 bits per heavy atom. The highest BCUT2D eigenvalue weighted by Crippen LogP contribution is 2.30. The van der Waals surface area contributed by atoms with Gasteiger partial charge in [-0.1, -0.05) is 17.7 Å². The summed E-state index contributed by atoms with van der Waals surface area (Å²) in [4.78, 5) is 17.1. The first-order valence-electron chi connectivity index (χ1n) is 8.85. The predicted molar refractivity (Wildman–Crippen MR) is 108 cm³/mol. The molecule has 3 rings (SSSR count). The largest absolute Gasteiger partial charge is 0.497 e. The average Bonchev–Trinajstić information content (AvgIpc) is 3.14. The molecule has 1 heterocycles. The third-order valence-corrected chi connectivity index (χ3v) is 4.88. The van der Waals surface area contributed by atoms with E-state index in [1.807, 2.05) is 7.05 Å². The van der Waals surface area contributed by atoms with Gasteiger partial charge in [0.15, 0.2) is 0 Å². The maximum Gasteiger partial charge on any atom is 0.225 e. The summed E-state index contributed by atoms with van der Waals surface area (Å²) in [7, 11) is 4.92. The summed E-state index contributed by atoms with van der Waals surface area (Å²) >= 11 is 6.06. The van der Waals surface area contributed by atoms with Crippen molar-refractivity contribution in [2.45, 2.75) is 12.5 Å². The lowest BCUT2D eigenvalue weighted by Gasteiger charge is -2.21. The second kappa shape index (κ2) is 8.96. The van der Waals surface area contributed by atoms with E-state index in [2.05, 4.69) is 10.3 Å². The molecule has 0 aliphatic heterocycles. The second-order valence-electron chi connectivity index (χ2n) is 6.42. The van der Waals surface area contributed by atoms with Crippen LogP contribution in [0, 0.1) is 5.82 Å². The smallest absolute Gasteiger partial charge is 0.225 e. The fourth-order valence-corrected chi connectivity index (χ4v) is 3.25. The van der Waals surface area contributed by atoms with Crippen LogP contribution >= 0.6 is 11.6 Å². The number of nitrogens with zero attached hydrogens (tertiary/aromatic N) is 2. The molecule has 0 fully saturated rings. The van der Waals surface area contributed by atoms with E-state index in [0.717, 1.165) is 0 Å². The number of aryl methyl sites for hydroxylation is 1. The lowest BCUT2D eigenvalue weighted by molar-refractivity contribution is -0.121. The molecule has 0 spiro atoms.